The van der Waals surface area contributed by atoms with Gasteiger partial charge in [-0.2, -0.15) is 0 Å². The highest BCUT2D eigenvalue weighted by Crippen LogP contribution is 2.23. The third-order valence-corrected chi connectivity index (χ3v) is 4.38. The van der Waals surface area contributed by atoms with E-state index in [9.17, 15) is 4.79 Å². The molecule has 0 saturated carbocycles. The molecule has 1 aromatic carbocycles. The SMILES string of the molecule is CC(C)(C)NC(=O)COc1ccc(Cl)cc1CNCCCN1CCOCC1.Cl.Cl. The molecule has 1 aliphatic rings. The first-order valence-electron chi connectivity index (χ1n) is 9.56. The van der Waals surface area contributed by atoms with Crippen molar-refractivity contribution in [3.63, 3.8) is 0 Å². The van der Waals surface area contributed by atoms with Gasteiger partial charge in [0.2, 0.25) is 0 Å². The number of amides is 1. The molecule has 0 unspecified atom stereocenters. The first-order chi connectivity index (χ1) is 12.8. The molecule has 0 aromatic heterocycles. The molecule has 1 amide bonds. The lowest BCUT2D eigenvalue weighted by Crippen LogP contribution is -2.43. The van der Waals surface area contributed by atoms with E-state index in [-0.39, 0.29) is 42.9 Å². The Bertz CT molecular complexity index is 606. The van der Waals surface area contributed by atoms with Crippen molar-refractivity contribution in [2.45, 2.75) is 39.3 Å². The Morgan fingerprint density at radius 1 is 1.24 bits per heavy atom. The van der Waals surface area contributed by atoms with Crippen LogP contribution in [0.4, 0.5) is 0 Å². The number of hydrogen-bond donors (Lipinski definition) is 2. The maximum atomic E-state index is 12.0. The minimum atomic E-state index is -0.273. The van der Waals surface area contributed by atoms with E-state index < -0.39 is 0 Å². The number of ether oxygens (including phenoxy) is 2. The molecule has 2 rings (SSSR count). The van der Waals surface area contributed by atoms with Gasteiger partial charge in [0.25, 0.3) is 5.91 Å². The maximum Gasteiger partial charge on any atom is 0.258 e. The second kappa shape index (κ2) is 14.3. The van der Waals surface area contributed by atoms with Crippen LogP contribution in [0, 0.1) is 0 Å². The van der Waals surface area contributed by atoms with Gasteiger partial charge in [-0.15, -0.1) is 24.8 Å². The molecule has 0 atom stereocenters. The zero-order valence-electron chi connectivity index (χ0n) is 17.5. The number of carbonyl (C=O) groups excluding carboxylic acids is 1. The van der Waals surface area contributed by atoms with Crippen LogP contribution in [0.3, 0.4) is 0 Å². The Hall–Kier alpha value is -0.760. The monoisotopic (exact) mass is 469 g/mol. The normalized spacial score (nSPS) is 14.5. The van der Waals surface area contributed by atoms with E-state index in [1.54, 1.807) is 6.07 Å². The number of carbonyl (C=O) groups is 1. The van der Waals surface area contributed by atoms with Crippen molar-refractivity contribution < 1.29 is 14.3 Å². The van der Waals surface area contributed by atoms with Gasteiger partial charge < -0.3 is 20.1 Å². The molecule has 1 aliphatic heterocycles. The van der Waals surface area contributed by atoms with E-state index in [2.05, 4.69) is 15.5 Å². The lowest BCUT2D eigenvalue weighted by molar-refractivity contribution is -0.124. The zero-order chi connectivity index (χ0) is 19.7. The minimum Gasteiger partial charge on any atom is -0.483 e. The van der Waals surface area contributed by atoms with Gasteiger partial charge in [-0.05, 0) is 58.5 Å². The molecule has 29 heavy (non-hydrogen) atoms. The van der Waals surface area contributed by atoms with Crippen LogP contribution in [0.15, 0.2) is 18.2 Å². The van der Waals surface area contributed by atoms with Gasteiger partial charge in [0.05, 0.1) is 13.2 Å². The lowest BCUT2D eigenvalue weighted by Gasteiger charge is -2.26. The molecule has 0 radical (unpaired) electrons. The molecule has 0 bridgehead atoms. The van der Waals surface area contributed by atoms with Crippen molar-refractivity contribution >= 4 is 42.3 Å². The highest BCUT2D eigenvalue weighted by atomic mass is 35.5. The number of rotatable bonds is 9. The van der Waals surface area contributed by atoms with Crippen molar-refractivity contribution in [1.82, 2.24) is 15.5 Å². The summed E-state index contributed by atoms with van der Waals surface area (Å²) in [5, 5.41) is 6.99. The van der Waals surface area contributed by atoms with E-state index in [0.29, 0.717) is 17.3 Å². The second-order valence-corrected chi connectivity index (χ2v) is 8.26. The van der Waals surface area contributed by atoms with Crippen molar-refractivity contribution in [3.05, 3.63) is 28.8 Å². The smallest absolute Gasteiger partial charge is 0.258 e. The first kappa shape index (κ1) is 28.2. The van der Waals surface area contributed by atoms with Crippen molar-refractivity contribution in [1.29, 1.82) is 0 Å². The third kappa shape index (κ3) is 11.9. The fourth-order valence-corrected chi connectivity index (χ4v) is 3.09. The second-order valence-electron chi connectivity index (χ2n) is 7.82. The quantitative estimate of drug-likeness (QED) is 0.542. The number of hydrogen-bond acceptors (Lipinski definition) is 5. The summed E-state index contributed by atoms with van der Waals surface area (Å²) in [5.41, 5.74) is 0.683. The molecule has 168 valence electrons. The van der Waals surface area contributed by atoms with Crippen molar-refractivity contribution in [3.8, 4) is 5.75 Å². The van der Waals surface area contributed by atoms with Crippen LogP contribution in [0.5, 0.6) is 5.75 Å². The van der Waals surface area contributed by atoms with Gasteiger partial charge in [0, 0.05) is 35.8 Å². The maximum absolute atomic E-state index is 12.0. The van der Waals surface area contributed by atoms with Crippen LogP contribution >= 0.6 is 36.4 Å². The molecular formula is C20H34Cl3N3O3. The summed E-state index contributed by atoms with van der Waals surface area (Å²) in [7, 11) is 0. The van der Waals surface area contributed by atoms with Crippen LogP contribution in [-0.4, -0.2) is 62.3 Å². The Kier molecular flexibility index (Phi) is 13.9. The van der Waals surface area contributed by atoms with Crippen molar-refractivity contribution in [2.75, 3.05) is 46.0 Å². The fraction of sp³-hybridized carbons (Fsp3) is 0.650. The van der Waals surface area contributed by atoms with Crippen LogP contribution in [0.25, 0.3) is 0 Å². The standard InChI is InChI=1S/C20H32ClN3O3.2ClH/c1-20(2,3)23-19(25)15-27-18-6-5-17(21)13-16(18)14-22-7-4-8-24-9-11-26-12-10-24;;/h5-6,13,22H,4,7-12,14-15H2,1-3H3,(H,23,25);2*1H. The Labute approximate surface area is 191 Å². The van der Waals surface area contributed by atoms with Crippen LogP contribution in [-0.2, 0) is 16.1 Å². The molecule has 2 N–H and O–H groups in total. The summed E-state index contributed by atoms with van der Waals surface area (Å²) in [6.07, 6.45) is 1.07. The largest absolute Gasteiger partial charge is 0.483 e. The van der Waals surface area contributed by atoms with Gasteiger partial charge in [-0.1, -0.05) is 11.6 Å². The zero-order valence-corrected chi connectivity index (χ0v) is 19.9. The van der Waals surface area contributed by atoms with E-state index in [0.717, 1.165) is 51.4 Å². The van der Waals surface area contributed by atoms with E-state index in [4.69, 9.17) is 21.1 Å². The molecule has 1 fully saturated rings. The predicted molar refractivity (Wildman–Crippen MR) is 123 cm³/mol. The topological polar surface area (TPSA) is 62.8 Å². The molecule has 0 spiro atoms. The lowest BCUT2D eigenvalue weighted by atomic mass is 10.1. The number of morpholine rings is 1. The summed E-state index contributed by atoms with van der Waals surface area (Å²) in [4.78, 5) is 14.4. The van der Waals surface area contributed by atoms with Crippen molar-refractivity contribution in [2.24, 2.45) is 0 Å². The molecular weight excluding hydrogens is 437 g/mol. The summed E-state index contributed by atoms with van der Waals surface area (Å²) < 4.78 is 11.1. The average Bonchev–Trinajstić information content (AvgIpc) is 2.60. The van der Waals surface area contributed by atoms with Gasteiger partial charge in [0.1, 0.15) is 5.75 Å². The average molecular weight is 471 g/mol. The van der Waals surface area contributed by atoms with Gasteiger partial charge >= 0.3 is 0 Å². The Morgan fingerprint density at radius 3 is 2.59 bits per heavy atom. The Morgan fingerprint density at radius 2 is 1.93 bits per heavy atom. The molecule has 0 aliphatic carbocycles. The fourth-order valence-electron chi connectivity index (χ4n) is 2.90. The minimum absolute atomic E-state index is 0. The molecule has 1 aromatic rings. The van der Waals surface area contributed by atoms with Crippen LogP contribution in [0.2, 0.25) is 5.02 Å². The van der Waals surface area contributed by atoms with Gasteiger partial charge in [-0.25, -0.2) is 0 Å². The molecule has 1 heterocycles. The number of benzene rings is 1. The molecule has 9 heteroatoms. The number of nitrogens with zero attached hydrogens (tertiary/aromatic N) is 1. The highest BCUT2D eigenvalue weighted by Gasteiger charge is 2.15. The summed E-state index contributed by atoms with van der Waals surface area (Å²) in [5.74, 6) is 0.547. The summed E-state index contributed by atoms with van der Waals surface area (Å²) >= 11 is 6.13. The van der Waals surface area contributed by atoms with Crippen LogP contribution < -0.4 is 15.4 Å². The molecule has 1 saturated heterocycles. The first-order valence-corrected chi connectivity index (χ1v) is 9.94. The van der Waals surface area contributed by atoms with E-state index in [1.165, 1.54) is 0 Å². The van der Waals surface area contributed by atoms with Gasteiger partial charge in [-0.3, -0.25) is 9.69 Å². The van der Waals surface area contributed by atoms with E-state index in [1.807, 2.05) is 32.9 Å². The number of halogens is 3. The third-order valence-electron chi connectivity index (χ3n) is 4.14. The summed E-state index contributed by atoms with van der Waals surface area (Å²) in [6.45, 7) is 12.2. The van der Waals surface area contributed by atoms with Gasteiger partial charge in [0.15, 0.2) is 6.61 Å². The van der Waals surface area contributed by atoms with E-state index >= 15 is 0 Å². The highest BCUT2D eigenvalue weighted by molar-refractivity contribution is 6.30. The number of nitrogens with one attached hydrogen (secondary N) is 2. The predicted octanol–water partition coefficient (Wildman–Crippen LogP) is 3.29. The molecule has 6 nitrogen and oxygen atoms in total. The summed E-state index contributed by atoms with van der Waals surface area (Å²) in [6, 6.07) is 5.48. The van der Waals surface area contributed by atoms with Crippen LogP contribution in [0.1, 0.15) is 32.8 Å². The Balaban J connectivity index is 0.00000392.